The summed E-state index contributed by atoms with van der Waals surface area (Å²) in [5, 5.41) is 10.1. The fourth-order valence-electron chi connectivity index (χ4n) is 5.33. The SMILES string of the molecule is CCN(c1ncc(O)cc1CN1C(=O)OC(c2cc(C(F)(F)F)cc(C(F)(F)F)c2)C1C)C1CCCCC1. The van der Waals surface area contributed by atoms with E-state index in [-0.39, 0.29) is 24.4 Å². The number of halogens is 6. The number of cyclic esters (lactones) is 1. The second-order valence-corrected chi connectivity index (χ2v) is 9.77. The summed E-state index contributed by atoms with van der Waals surface area (Å²) in [7, 11) is 0. The van der Waals surface area contributed by atoms with Crippen LogP contribution in [0.4, 0.5) is 37.0 Å². The van der Waals surface area contributed by atoms with E-state index in [1.165, 1.54) is 24.1 Å². The molecule has 1 aromatic heterocycles. The van der Waals surface area contributed by atoms with Crippen LogP contribution in [0.1, 0.15) is 74.3 Å². The largest absolute Gasteiger partial charge is 0.506 e. The highest BCUT2D eigenvalue weighted by Gasteiger charge is 2.43. The molecule has 2 aromatic rings. The molecular weight excluding hydrogens is 516 g/mol. The van der Waals surface area contributed by atoms with Crippen molar-refractivity contribution in [3.8, 4) is 5.75 Å². The number of carbonyl (C=O) groups is 1. The second-order valence-electron chi connectivity index (χ2n) is 9.77. The summed E-state index contributed by atoms with van der Waals surface area (Å²) in [5.41, 5.74) is -2.85. The van der Waals surface area contributed by atoms with E-state index in [0.29, 0.717) is 30.1 Å². The van der Waals surface area contributed by atoms with Crippen molar-refractivity contribution >= 4 is 11.9 Å². The molecule has 1 saturated carbocycles. The molecule has 6 nitrogen and oxygen atoms in total. The van der Waals surface area contributed by atoms with E-state index < -0.39 is 47.3 Å². The van der Waals surface area contributed by atoms with Crippen molar-refractivity contribution in [1.82, 2.24) is 9.88 Å². The molecule has 2 heterocycles. The van der Waals surface area contributed by atoms with Gasteiger partial charge in [-0.1, -0.05) is 19.3 Å². The highest BCUT2D eigenvalue weighted by atomic mass is 19.4. The van der Waals surface area contributed by atoms with E-state index in [4.69, 9.17) is 4.74 Å². The first-order valence-electron chi connectivity index (χ1n) is 12.5. The van der Waals surface area contributed by atoms with Crippen LogP contribution in [0.15, 0.2) is 30.5 Å². The van der Waals surface area contributed by atoms with Crippen molar-refractivity contribution in [1.29, 1.82) is 0 Å². The zero-order valence-electron chi connectivity index (χ0n) is 20.9. The van der Waals surface area contributed by atoms with Crippen molar-refractivity contribution in [3.63, 3.8) is 0 Å². The number of aromatic hydroxyl groups is 1. The third kappa shape index (κ3) is 5.78. The van der Waals surface area contributed by atoms with Gasteiger partial charge in [0.15, 0.2) is 0 Å². The van der Waals surface area contributed by atoms with Gasteiger partial charge in [-0.25, -0.2) is 9.78 Å². The Morgan fingerprint density at radius 2 is 1.63 bits per heavy atom. The van der Waals surface area contributed by atoms with E-state index in [1.54, 1.807) is 0 Å². The maximum atomic E-state index is 13.4. The van der Waals surface area contributed by atoms with Crippen LogP contribution < -0.4 is 4.90 Å². The van der Waals surface area contributed by atoms with Gasteiger partial charge in [0.05, 0.1) is 29.9 Å². The quantitative estimate of drug-likeness (QED) is 0.394. The molecule has 1 aliphatic heterocycles. The lowest BCUT2D eigenvalue weighted by molar-refractivity contribution is -0.143. The Morgan fingerprint density at radius 1 is 1.03 bits per heavy atom. The van der Waals surface area contributed by atoms with Crippen LogP contribution in [0.3, 0.4) is 0 Å². The Hall–Kier alpha value is -3.18. The number of amides is 1. The van der Waals surface area contributed by atoms with Gasteiger partial charge in [0.2, 0.25) is 0 Å². The van der Waals surface area contributed by atoms with Crippen LogP contribution in [-0.2, 0) is 23.6 Å². The summed E-state index contributed by atoms with van der Waals surface area (Å²) in [6.45, 7) is 4.00. The number of hydrogen-bond acceptors (Lipinski definition) is 5. The van der Waals surface area contributed by atoms with Crippen LogP contribution in [0.2, 0.25) is 0 Å². The van der Waals surface area contributed by atoms with Gasteiger partial charge in [0.1, 0.15) is 17.7 Å². The molecule has 4 rings (SSSR count). The van der Waals surface area contributed by atoms with Crippen molar-refractivity contribution < 1.29 is 41.0 Å². The number of alkyl halides is 6. The fraction of sp³-hybridized carbons (Fsp3) is 0.538. The molecule has 2 fully saturated rings. The first kappa shape index (κ1) is 27.8. The zero-order valence-corrected chi connectivity index (χ0v) is 20.9. The van der Waals surface area contributed by atoms with Crippen molar-refractivity contribution in [2.75, 3.05) is 11.4 Å². The molecular formula is C26H29F6N3O3. The van der Waals surface area contributed by atoms with Crippen molar-refractivity contribution in [2.45, 2.75) is 83.0 Å². The van der Waals surface area contributed by atoms with Gasteiger partial charge < -0.3 is 14.7 Å². The molecule has 2 atom stereocenters. The minimum Gasteiger partial charge on any atom is -0.506 e. The van der Waals surface area contributed by atoms with Crippen LogP contribution in [0.5, 0.6) is 5.75 Å². The number of benzene rings is 1. The Morgan fingerprint density at radius 3 is 2.18 bits per heavy atom. The van der Waals surface area contributed by atoms with Gasteiger partial charge in [-0.2, -0.15) is 26.3 Å². The number of aromatic nitrogens is 1. The van der Waals surface area contributed by atoms with Gasteiger partial charge in [0, 0.05) is 18.2 Å². The van der Waals surface area contributed by atoms with Gasteiger partial charge >= 0.3 is 18.4 Å². The summed E-state index contributed by atoms with van der Waals surface area (Å²) in [5.74, 6) is 0.437. The third-order valence-corrected chi connectivity index (χ3v) is 7.23. The zero-order chi connectivity index (χ0) is 27.8. The molecule has 0 radical (unpaired) electrons. The molecule has 0 bridgehead atoms. The summed E-state index contributed by atoms with van der Waals surface area (Å²) >= 11 is 0. The lowest BCUT2D eigenvalue weighted by atomic mass is 9.94. The Labute approximate surface area is 216 Å². The maximum Gasteiger partial charge on any atom is 0.416 e. The summed E-state index contributed by atoms with van der Waals surface area (Å²) in [6, 6.07) is 2.00. The highest BCUT2D eigenvalue weighted by Crippen LogP contribution is 2.41. The predicted octanol–water partition coefficient (Wildman–Crippen LogP) is 7.07. The van der Waals surface area contributed by atoms with Gasteiger partial charge in [0.25, 0.3) is 0 Å². The summed E-state index contributed by atoms with van der Waals surface area (Å²) < 4.78 is 85.6. The van der Waals surface area contributed by atoms with E-state index >= 15 is 0 Å². The lowest BCUT2D eigenvalue weighted by Crippen LogP contribution is -2.39. The van der Waals surface area contributed by atoms with Gasteiger partial charge in [-0.05, 0) is 56.5 Å². The van der Waals surface area contributed by atoms with E-state index in [9.17, 15) is 36.2 Å². The molecule has 0 spiro atoms. The Bertz CT molecular complexity index is 1130. The summed E-state index contributed by atoms with van der Waals surface area (Å²) in [4.78, 5) is 20.6. The maximum absolute atomic E-state index is 13.4. The molecule has 12 heteroatoms. The van der Waals surface area contributed by atoms with Gasteiger partial charge in [-0.15, -0.1) is 0 Å². The molecule has 38 heavy (non-hydrogen) atoms. The smallest absolute Gasteiger partial charge is 0.416 e. The number of anilines is 1. The normalized spacial score (nSPS) is 21.1. The number of nitrogens with zero attached hydrogens (tertiary/aromatic N) is 3. The number of ether oxygens (including phenoxy) is 1. The molecule has 1 N–H and O–H groups in total. The van der Waals surface area contributed by atoms with E-state index in [2.05, 4.69) is 9.88 Å². The first-order chi connectivity index (χ1) is 17.8. The van der Waals surface area contributed by atoms with Crippen LogP contribution in [0, 0.1) is 0 Å². The van der Waals surface area contributed by atoms with Crippen LogP contribution in [-0.4, -0.2) is 39.7 Å². The third-order valence-electron chi connectivity index (χ3n) is 7.23. The van der Waals surface area contributed by atoms with Crippen LogP contribution >= 0.6 is 0 Å². The van der Waals surface area contributed by atoms with E-state index in [1.807, 2.05) is 6.92 Å². The van der Waals surface area contributed by atoms with Crippen molar-refractivity contribution in [2.24, 2.45) is 0 Å². The molecule has 208 valence electrons. The van der Waals surface area contributed by atoms with Crippen LogP contribution in [0.25, 0.3) is 0 Å². The molecule has 1 aromatic carbocycles. The average Bonchev–Trinajstić information content (AvgIpc) is 3.13. The first-order valence-corrected chi connectivity index (χ1v) is 12.5. The topological polar surface area (TPSA) is 65.9 Å². The summed E-state index contributed by atoms with van der Waals surface area (Å²) in [6.07, 6.45) is -5.75. The highest BCUT2D eigenvalue weighted by molar-refractivity contribution is 5.71. The fourth-order valence-corrected chi connectivity index (χ4v) is 5.33. The molecule has 2 aliphatic rings. The Balaban J connectivity index is 1.65. The van der Waals surface area contributed by atoms with Crippen molar-refractivity contribution in [3.05, 3.63) is 52.7 Å². The molecule has 1 saturated heterocycles. The number of rotatable bonds is 6. The Kier molecular flexibility index (Phi) is 7.72. The molecule has 2 unspecified atom stereocenters. The standard InChI is InChI=1S/C26H29F6N3O3/c1-3-34(20-7-5-4-6-8-20)23-17(11-21(36)13-33-23)14-35-15(2)22(38-24(35)37)16-9-18(25(27,28)29)12-19(10-16)26(30,31)32/h9-13,15,20,22,36H,3-8,14H2,1-2H3. The van der Waals surface area contributed by atoms with E-state index in [0.717, 1.165) is 32.1 Å². The molecule has 1 aliphatic carbocycles. The monoisotopic (exact) mass is 545 g/mol. The predicted molar refractivity (Wildman–Crippen MR) is 126 cm³/mol. The minimum absolute atomic E-state index is 0.0397. The number of pyridine rings is 1. The minimum atomic E-state index is -5.02. The number of carbonyl (C=O) groups excluding carboxylic acids is 1. The molecule has 1 amide bonds. The average molecular weight is 546 g/mol. The number of hydrogen-bond donors (Lipinski definition) is 1. The van der Waals surface area contributed by atoms with Gasteiger partial charge in [-0.3, -0.25) is 4.90 Å². The second kappa shape index (κ2) is 10.5. The lowest BCUT2D eigenvalue weighted by Gasteiger charge is -2.36.